The van der Waals surface area contributed by atoms with Crippen LogP contribution in [0.15, 0.2) is 18.2 Å². The fourth-order valence-electron chi connectivity index (χ4n) is 1.62. The highest BCUT2D eigenvalue weighted by atomic mass is 19.1. The largest absolute Gasteiger partial charge is 0.481 e. The fourth-order valence-corrected chi connectivity index (χ4v) is 1.62. The van der Waals surface area contributed by atoms with Gasteiger partial charge in [-0.25, -0.2) is 4.39 Å². The van der Waals surface area contributed by atoms with Crippen LogP contribution in [0.5, 0.6) is 0 Å². The zero-order chi connectivity index (χ0) is 13.7. The summed E-state index contributed by atoms with van der Waals surface area (Å²) in [5.41, 5.74) is 0.386. The number of rotatable bonds is 5. The third-order valence-electron chi connectivity index (χ3n) is 2.69. The number of halogens is 1. The Balaban J connectivity index is 2.89. The van der Waals surface area contributed by atoms with E-state index in [0.29, 0.717) is 12.1 Å². The molecule has 0 spiro atoms. The molecule has 0 aliphatic carbocycles. The Morgan fingerprint density at radius 2 is 2.06 bits per heavy atom. The Hall–Kier alpha value is -1.91. The van der Waals surface area contributed by atoms with Crippen molar-refractivity contribution in [2.24, 2.45) is 0 Å². The minimum atomic E-state index is -0.981. The molecule has 0 saturated heterocycles. The number of nitrogens with zero attached hydrogens (tertiary/aromatic N) is 1. The van der Waals surface area contributed by atoms with Gasteiger partial charge in [0.25, 0.3) is 5.91 Å². The van der Waals surface area contributed by atoms with Gasteiger partial charge in [-0.3, -0.25) is 9.59 Å². The van der Waals surface area contributed by atoms with E-state index in [9.17, 15) is 14.0 Å². The smallest absolute Gasteiger partial charge is 0.305 e. The van der Waals surface area contributed by atoms with Crippen molar-refractivity contribution in [1.82, 2.24) is 4.90 Å². The van der Waals surface area contributed by atoms with Crippen molar-refractivity contribution in [2.45, 2.75) is 20.3 Å². The molecule has 1 aromatic carbocycles. The first-order valence-corrected chi connectivity index (χ1v) is 5.73. The fraction of sp³-hybridized carbons (Fsp3) is 0.385. The molecule has 0 fully saturated rings. The molecule has 4 nitrogen and oxygen atoms in total. The average molecular weight is 253 g/mol. The molecule has 1 N–H and O–H groups in total. The van der Waals surface area contributed by atoms with Crippen LogP contribution in [0.1, 0.15) is 29.3 Å². The number of hydrogen-bond donors (Lipinski definition) is 1. The van der Waals surface area contributed by atoms with Gasteiger partial charge in [-0.05, 0) is 25.5 Å². The first kappa shape index (κ1) is 14.2. The Morgan fingerprint density at radius 1 is 1.39 bits per heavy atom. The molecule has 18 heavy (non-hydrogen) atoms. The number of carboxylic acids is 1. The van der Waals surface area contributed by atoms with Gasteiger partial charge in [-0.1, -0.05) is 12.1 Å². The second kappa shape index (κ2) is 6.14. The van der Waals surface area contributed by atoms with Crippen LogP contribution in [0.3, 0.4) is 0 Å². The topological polar surface area (TPSA) is 57.6 Å². The normalized spacial score (nSPS) is 10.2. The number of aryl methyl sites for hydroxylation is 1. The predicted octanol–water partition coefficient (Wildman–Crippen LogP) is 2.07. The van der Waals surface area contributed by atoms with E-state index in [-0.39, 0.29) is 18.5 Å². The number of carbonyl (C=O) groups is 2. The molecule has 0 heterocycles. The van der Waals surface area contributed by atoms with Gasteiger partial charge in [-0.2, -0.15) is 0 Å². The summed E-state index contributed by atoms with van der Waals surface area (Å²) in [5.74, 6) is -2.00. The molecule has 0 saturated carbocycles. The Morgan fingerprint density at radius 3 is 2.61 bits per heavy atom. The molecule has 5 heteroatoms. The number of hydrogen-bond acceptors (Lipinski definition) is 2. The highest BCUT2D eigenvalue weighted by Crippen LogP contribution is 2.14. The molecule has 98 valence electrons. The summed E-state index contributed by atoms with van der Waals surface area (Å²) < 4.78 is 13.8. The van der Waals surface area contributed by atoms with E-state index in [0.717, 1.165) is 0 Å². The van der Waals surface area contributed by atoms with Crippen molar-refractivity contribution >= 4 is 11.9 Å². The Bertz CT molecular complexity index is 460. The SMILES string of the molecule is CCN(CCC(=O)O)C(=O)c1cccc(C)c1F. The van der Waals surface area contributed by atoms with Gasteiger partial charge in [-0.15, -0.1) is 0 Å². The maximum Gasteiger partial charge on any atom is 0.305 e. The van der Waals surface area contributed by atoms with Gasteiger partial charge in [0.05, 0.1) is 12.0 Å². The van der Waals surface area contributed by atoms with Gasteiger partial charge < -0.3 is 10.0 Å². The van der Waals surface area contributed by atoms with Gasteiger partial charge in [0.2, 0.25) is 0 Å². The molecule has 0 atom stereocenters. The molecule has 0 unspecified atom stereocenters. The molecule has 0 radical (unpaired) electrons. The standard InChI is InChI=1S/C13H16FNO3/c1-3-15(8-7-11(16)17)13(18)10-6-4-5-9(2)12(10)14/h4-6H,3,7-8H2,1-2H3,(H,16,17). The minimum Gasteiger partial charge on any atom is -0.481 e. The molecular weight excluding hydrogens is 237 g/mol. The molecule has 0 aromatic heterocycles. The number of benzene rings is 1. The summed E-state index contributed by atoms with van der Waals surface area (Å²) >= 11 is 0. The number of carboxylic acid groups (broad SMARTS) is 1. The zero-order valence-corrected chi connectivity index (χ0v) is 10.4. The quantitative estimate of drug-likeness (QED) is 0.874. The molecular formula is C13H16FNO3. The second-order valence-corrected chi connectivity index (χ2v) is 3.97. The van der Waals surface area contributed by atoms with Gasteiger partial charge >= 0.3 is 5.97 Å². The van der Waals surface area contributed by atoms with E-state index in [4.69, 9.17) is 5.11 Å². The maximum absolute atomic E-state index is 13.8. The summed E-state index contributed by atoms with van der Waals surface area (Å²) in [6.45, 7) is 3.74. The monoisotopic (exact) mass is 253 g/mol. The highest BCUT2D eigenvalue weighted by Gasteiger charge is 2.19. The van der Waals surface area contributed by atoms with Crippen LogP contribution in [0.4, 0.5) is 4.39 Å². The van der Waals surface area contributed by atoms with E-state index in [1.54, 1.807) is 26.0 Å². The first-order valence-electron chi connectivity index (χ1n) is 5.73. The van der Waals surface area contributed by atoms with E-state index >= 15 is 0 Å². The third kappa shape index (κ3) is 3.29. The van der Waals surface area contributed by atoms with Crippen LogP contribution in [-0.4, -0.2) is 35.0 Å². The molecule has 1 amide bonds. The molecule has 1 rings (SSSR count). The summed E-state index contributed by atoms with van der Waals surface area (Å²) in [4.78, 5) is 23.9. The van der Waals surface area contributed by atoms with Crippen molar-refractivity contribution in [3.8, 4) is 0 Å². The van der Waals surface area contributed by atoms with Crippen LogP contribution >= 0.6 is 0 Å². The van der Waals surface area contributed by atoms with Crippen LogP contribution in [0.25, 0.3) is 0 Å². The minimum absolute atomic E-state index is 0.0118. The van der Waals surface area contributed by atoms with Gasteiger partial charge in [0, 0.05) is 13.1 Å². The average Bonchev–Trinajstić information content (AvgIpc) is 2.32. The van der Waals surface area contributed by atoms with E-state index in [2.05, 4.69) is 0 Å². The number of amides is 1. The Kier molecular flexibility index (Phi) is 4.83. The molecule has 0 aliphatic rings. The molecule has 0 aliphatic heterocycles. The summed E-state index contributed by atoms with van der Waals surface area (Å²) in [6.07, 6.45) is -0.146. The van der Waals surface area contributed by atoms with Crippen molar-refractivity contribution in [3.05, 3.63) is 35.1 Å². The predicted molar refractivity (Wildman–Crippen MR) is 65.0 cm³/mol. The lowest BCUT2D eigenvalue weighted by atomic mass is 10.1. The van der Waals surface area contributed by atoms with Crippen LogP contribution < -0.4 is 0 Å². The van der Waals surface area contributed by atoms with Crippen molar-refractivity contribution in [3.63, 3.8) is 0 Å². The third-order valence-corrected chi connectivity index (χ3v) is 2.69. The Labute approximate surface area is 105 Å². The van der Waals surface area contributed by atoms with E-state index in [1.165, 1.54) is 11.0 Å². The highest BCUT2D eigenvalue weighted by molar-refractivity contribution is 5.94. The van der Waals surface area contributed by atoms with E-state index in [1.807, 2.05) is 0 Å². The lowest BCUT2D eigenvalue weighted by Crippen LogP contribution is -2.33. The lowest BCUT2D eigenvalue weighted by molar-refractivity contribution is -0.137. The summed E-state index contributed by atoms with van der Waals surface area (Å²) in [5, 5.41) is 8.60. The van der Waals surface area contributed by atoms with Crippen LogP contribution in [-0.2, 0) is 4.79 Å². The first-order chi connectivity index (χ1) is 8.47. The van der Waals surface area contributed by atoms with Gasteiger partial charge in [0.1, 0.15) is 5.82 Å². The molecule has 0 bridgehead atoms. The van der Waals surface area contributed by atoms with Crippen molar-refractivity contribution < 1.29 is 19.1 Å². The number of aliphatic carboxylic acids is 1. The zero-order valence-electron chi connectivity index (χ0n) is 10.4. The summed E-state index contributed by atoms with van der Waals surface area (Å²) in [6, 6.07) is 4.60. The second-order valence-electron chi connectivity index (χ2n) is 3.97. The van der Waals surface area contributed by atoms with Crippen LogP contribution in [0.2, 0.25) is 0 Å². The van der Waals surface area contributed by atoms with Gasteiger partial charge in [0.15, 0.2) is 0 Å². The van der Waals surface area contributed by atoms with Crippen LogP contribution in [0, 0.1) is 12.7 Å². The lowest BCUT2D eigenvalue weighted by Gasteiger charge is -2.20. The van der Waals surface area contributed by atoms with E-state index < -0.39 is 17.7 Å². The van der Waals surface area contributed by atoms with Crippen molar-refractivity contribution in [2.75, 3.05) is 13.1 Å². The maximum atomic E-state index is 13.8. The van der Waals surface area contributed by atoms with Crippen molar-refractivity contribution in [1.29, 1.82) is 0 Å². The number of carbonyl (C=O) groups excluding carboxylic acids is 1. The molecule has 1 aromatic rings. The summed E-state index contributed by atoms with van der Waals surface area (Å²) in [7, 11) is 0.